The largest absolute Gasteiger partial charge is 0.367 e. The van der Waals surface area contributed by atoms with Crippen LogP contribution in [0.2, 0.25) is 0 Å². The number of rotatable bonds is 7. The van der Waals surface area contributed by atoms with Gasteiger partial charge in [0.05, 0.1) is 23.0 Å². The number of hydrogen-bond acceptors (Lipinski definition) is 4. The molecule has 33 heavy (non-hydrogen) atoms. The maximum Gasteiger partial charge on any atom is 0.235 e. The van der Waals surface area contributed by atoms with Crippen molar-refractivity contribution < 1.29 is 12.8 Å². The lowest BCUT2D eigenvalue weighted by molar-refractivity contribution is 0.148. The third-order valence-corrected chi connectivity index (χ3v) is 7.49. The van der Waals surface area contributed by atoms with Crippen molar-refractivity contribution >= 4 is 27.9 Å². The van der Waals surface area contributed by atoms with Crippen LogP contribution in [-0.2, 0) is 15.4 Å². The highest BCUT2D eigenvalue weighted by Crippen LogP contribution is 2.39. The Morgan fingerprint density at radius 3 is 2.55 bits per heavy atom. The molecule has 1 saturated carbocycles. The molecule has 2 aromatic carbocycles. The summed E-state index contributed by atoms with van der Waals surface area (Å²) in [4.78, 5) is 2.44. The molecule has 1 unspecified atom stereocenters. The Balaban J connectivity index is 1.38. The van der Waals surface area contributed by atoms with Gasteiger partial charge in [0.1, 0.15) is 5.82 Å². The number of anilines is 1. The quantitative estimate of drug-likeness (QED) is 0.534. The minimum atomic E-state index is -1.52. The summed E-state index contributed by atoms with van der Waals surface area (Å²) in [5.41, 5.74) is 2.51. The second-order valence-electron chi connectivity index (χ2n) is 10.2. The Morgan fingerprint density at radius 1 is 1.12 bits per heavy atom. The van der Waals surface area contributed by atoms with Gasteiger partial charge in [-0.25, -0.2) is 18.0 Å². The van der Waals surface area contributed by atoms with Gasteiger partial charge in [-0.2, -0.15) is 5.10 Å². The van der Waals surface area contributed by atoms with E-state index in [1.807, 2.05) is 31.6 Å². The van der Waals surface area contributed by atoms with Crippen molar-refractivity contribution in [2.75, 3.05) is 11.4 Å². The zero-order valence-electron chi connectivity index (χ0n) is 19.3. The van der Waals surface area contributed by atoms with E-state index in [0.717, 1.165) is 47.6 Å². The molecule has 1 N–H and O–H groups in total. The molecule has 2 aliphatic rings. The highest BCUT2D eigenvalue weighted by atomic mass is 32.2. The van der Waals surface area contributed by atoms with Crippen LogP contribution < -0.4 is 9.62 Å². The first-order valence-electron chi connectivity index (χ1n) is 11.6. The molecule has 5 rings (SSSR count). The van der Waals surface area contributed by atoms with Crippen molar-refractivity contribution in [2.45, 2.75) is 64.1 Å². The lowest BCUT2D eigenvalue weighted by Gasteiger charge is -2.31. The first-order chi connectivity index (χ1) is 15.8. The van der Waals surface area contributed by atoms with Gasteiger partial charge in [0.2, 0.25) is 11.3 Å². The van der Waals surface area contributed by atoms with Crippen LogP contribution in [0.25, 0.3) is 16.6 Å². The fourth-order valence-electron chi connectivity index (χ4n) is 4.66. The Bertz CT molecular complexity index is 1150. The standard InChI is InChI=1S/C25H31FN4O2S/c1-25(2,3)32-33(31)28-22-12-13-29(24(22)14-17-4-5-17)21-10-11-23-18(15-21)16-27-30(23)20-8-6-19(26)7-9-20/h6-11,15-17,22,24,28H,4-5,12-14H2,1-3H3/t22-,24-,33?/m1/s1. The number of hydrogen-bond donors (Lipinski definition) is 1. The summed E-state index contributed by atoms with van der Waals surface area (Å²) in [6.45, 7) is 6.64. The van der Waals surface area contributed by atoms with Crippen LogP contribution in [0.5, 0.6) is 0 Å². The van der Waals surface area contributed by atoms with Gasteiger partial charge >= 0.3 is 0 Å². The summed E-state index contributed by atoms with van der Waals surface area (Å²) in [5.74, 6) is 0.493. The molecule has 1 aromatic heterocycles. The summed E-state index contributed by atoms with van der Waals surface area (Å²) in [6.07, 6.45) is 6.43. The second kappa shape index (κ2) is 8.81. The van der Waals surface area contributed by atoms with E-state index in [9.17, 15) is 8.60 Å². The molecule has 3 atom stereocenters. The molecule has 0 amide bonds. The van der Waals surface area contributed by atoms with Gasteiger partial charge in [0.15, 0.2) is 0 Å². The van der Waals surface area contributed by atoms with E-state index in [1.165, 1.54) is 25.0 Å². The molecule has 0 radical (unpaired) electrons. The topological polar surface area (TPSA) is 59.4 Å². The molecule has 0 spiro atoms. The molecule has 1 saturated heterocycles. The number of nitrogens with one attached hydrogen (secondary N) is 1. The molecule has 1 aliphatic heterocycles. The lowest BCUT2D eigenvalue weighted by atomic mass is 10.0. The van der Waals surface area contributed by atoms with Crippen molar-refractivity contribution in [1.82, 2.24) is 14.5 Å². The SMILES string of the molecule is CC(C)(C)OS(=O)N[C@@H]1CCN(c2ccc3c(cnn3-c3ccc(F)cc3)c2)[C@@H]1CC1CC1. The van der Waals surface area contributed by atoms with Gasteiger partial charge in [-0.15, -0.1) is 0 Å². The van der Waals surface area contributed by atoms with Crippen LogP contribution in [0, 0.1) is 11.7 Å². The molecule has 6 nitrogen and oxygen atoms in total. The lowest BCUT2D eigenvalue weighted by Crippen LogP contribution is -2.45. The monoisotopic (exact) mass is 470 g/mol. The maximum absolute atomic E-state index is 13.3. The van der Waals surface area contributed by atoms with Gasteiger partial charge in [-0.1, -0.05) is 12.8 Å². The number of halogens is 1. The van der Waals surface area contributed by atoms with Crippen molar-refractivity contribution in [3.8, 4) is 5.69 Å². The Hall–Kier alpha value is -2.29. The van der Waals surface area contributed by atoms with Gasteiger partial charge in [0, 0.05) is 29.7 Å². The average Bonchev–Trinajstić information content (AvgIpc) is 3.34. The van der Waals surface area contributed by atoms with E-state index in [1.54, 1.807) is 12.1 Å². The predicted octanol–water partition coefficient (Wildman–Crippen LogP) is 4.90. The molecular formula is C25H31FN4O2S. The minimum absolute atomic E-state index is 0.117. The molecule has 2 fully saturated rings. The number of aromatic nitrogens is 2. The van der Waals surface area contributed by atoms with Gasteiger partial charge in [-0.3, -0.25) is 4.18 Å². The summed E-state index contributed by atoms with van der Waals surface area (Å²) < 4.78 is 36.6. The van der Waals surface area contributed by atoms with E-state index in [2.05, 4.69) is 32.9 Å². The van der Waals surface area contributed by atoms with Crippen LogP contribution >= 0.6 is 0 Å². The number of nitrogens with zero attached hydrogens (tertiary/aromatic N) is 3. The van der Waals surface area contributed by atoms with E-state index in [4.69, 9.17) is 4.18 Å². The zero-order chi connectivity index (χ0) is 23.2. The van der Waals surface area contributed by atoms with Gasteiger partial charge in [0.25, 0.3) is 0 Å². The van der Waals surface area contributed by atoms with E-state index in [0.29, 0.717) is 0 Å². The Kier molecular flexibility index (Phi) is 6.01. The van der Waals surface area contributed by atoms with Crippen LogP contribution in [0.4, 0.5) is 10.1 Å². The highest BCUT2D eigenvalue weighted by molar-refractivity contribution is 7.78. The van der Waals surface area contributed by atoms with E-state index >= 15 is 0 Å². The Labute approximate surface area is 196 Å². The molecule has 1 aliphatic carbocycles. The molecule has 8 heteroatoms. The third-order valence-electron chi connectivity index (χ3n) is 6.35. The van der Waals surface area contributed by atoms with Crippen LogP contribution in [0.15, 0.2) is 48.7 Å². The maximum atomic E-state index is 13.3. The van der Waals surface area contributed by atoms with Crippen molar-refractivity contribution in [2.24, 2.45) is 5.92 Å². The first-order valence-corrected chi connectivity index (χ1v) is 12.7. The molecular weight excluding hydrogens is 439 g/mol. The van der Waals surface area contributed by atoms with Gasteiger partial charge in [-0.05, 0) is 82.0 Å². The van der Waals surface area contributed by atoms with E-state index in [-0.39, 0.29) is 17.9 Å². The number of benzene rings is 2. The normalized spacial score (nSPS) is 22.2. The Morgan fingerprint density at radius 2 is 1.85 bits per heavy atom. The minimum Gasteiger partial charge on any atom is -0.367 e. The smallest absolute Gasteiger partial charge is 0.235 e. The van der Waals surface area contributed by atoms with E-state index < -0.39 is 16.9 Å². The highest BCUT2D eigenvalue weighted by Gasteiger charge is 2.39. The fraction of sp³-hybridized carbons (Fsp3) is 0.480. The fourth-order valence-corrected chi connectivity index (χ4v) is 5.68. The zero-order valence-corrected chi connectivity index (χ0v) is 20.1. The van der Waals surface area contributed by atoms with Crippen molar-refractivity contribution in [3.05, 3.63) is 54.5 Å². The molecule has 0 bridgehead atoms. The van der Waals surface area contributed by atoms with Gasteiger partial charge < -0.3 is 4.90 Å². The van der Waals surface area contributed by atoms with Crippen molar-refractivity contribution in [3.63, 3.8) is 0 Å². The molecule has 2 heterocycles. The average molecular weight is 471 g/mol. The predicted molar refractivity (Wildman–Crippen MR) is 130 cm³/mol. The summed E-state index contributed by atoms with van der Waals surface area (Å²) in [6, 6.07) is 13.1. The summed E-state index contributed by atoms with van der Waals surface area (Å²) in [5, 5.41) is 5.58. The van der Waals surface area contributed by atoms with Crippen LogP contribution in [-0.4, -0.2) is 38.2 Å². The third kappa shape index (κ3) is 5.13. The molecule has 176 valence electrons. The summed E-state index contributed by atoms with van der Waals surface area (Å²) >= 11 is -1.52. The number of fused-ring (bicyclic) bond motifs is 1. The second-order valence-corrected chi connectivity index (χ2v) is 11.0. The first kappa shape index (κ1) is 22.5. The molecule has 3 aromatic rings. The van der Waals surface area contributed by atoms with Crippen LogP contribution in [0.1, 0.15) is 46.5 Å². The van der Waals surface area contributed by atoms with Crippen LogP contribution in [0.3, 0.4) is 0 Å². The van der Waals surface area contributed by atoms with Crippen molar-refractivity contribution in [1.29, 1.82) is 0 Å². The summed E-state index contributed by atoms with van der Waals surface area (Å²) in [7, 11) is 0.